The summed E-state index contributed by atoms with van der Waals surface area (Å²) in [5.74, 6) is -1.41. The number of carbonyl (C=O) groups is 2. The van der Waals surface area contributed by atoms with E-state index >= 15 is 0 Å². The highest BCUT2D eigenvalue weighted by Gasteiger charge is 2.31. The standard InChI is InChI=1S/C18H19N3O3/c1-2-9-20-14-6-4-3-5-13(14)18(24)21(11-17(22)23)16-10-12(19)7-8-15(16)20/h3-8,10H,2,9,11,19H2,1H3,(H,22,23). The molecule has 2 aromatic rings. The molecule has 0 unspecified atom stereocenters. The molecule has 0 saturated carbocycles. The summed E-state index contributed by atoms with van der Waals surface area (Å²) >= 11 is 0. The third-order valence-corrected chi connectivity index (χ3v) is 3.99. The number of fused-ring (bicyclic) bond motifs is 2. The number of carboxylic acids is 1. The molecule has 6 nitrogen and oxygen atoms in total. The van der Waals surface area contributed by atoms with Gasteiger partial charge in [-0.2, -0.15) is 0 Å². The minimum absolute atomic E-state index is 0.335. The second-order valence-electron chi connectivity index (χ2n) is 5.70. The smallest absolute Gasteiger partial charge is 0.323 e. The van der Waals surface area contributed by atoms with Crippen LogP contribution in [-0.2, 0) is 4.79 Å². The van der Waals surface area contributed by atoms with Gasteiger partial charge in [0.25, 0.3) is 5.91 Å². The molecule has 1 aliphatic heterocycles. The van der Waals surface area contributed by atoms with Crippen molar-refractivity contribution in [1.29, 1.82) is 0 Å². The number of aliphatic carboxylic acids is 1. The van der Waals surface area contributed by atoms with E-state index in [-0.39, 0.29) is 5.91 Å². The minimum atomic E-state index is -1.07. The van der Waals surface area contributed by atoms with Crippen LogP contribution in [0, 0.1) is 0 Å². The van der Waals surface area contributed by atoms with Crippen LogP contribution >= 0.6 is 0 Å². The van der Waals surface area contributed by atoms with Gasteiger partial charge in [-0.15, -0.1) is 0 Å². The molecule has 0 aromatic heterocycles. The van der Waals surface area contributed by atoms with Crippen molar-refractivity contribution in [2.24, 2.45) is 0 Å². The van der Waals surface area contributed by atoms with Crippen molar-refractivity contribution < 1.29 is 14.7 Å². The Morgan fingerprint density at radius 1 is 1.08 bits per heavy atom. The van der Waals surface area contributed by atoms with E-state index in [1.54, 1.807) is 24.3 Å². The molecular weight excluding hydrogens is 306 g/mol. The number of nitrogen functional groups attached to an aromatic ring is 1. The van der Waals surface area contributed by atoms with Gasteiger partial charge in [-0.3, -0.25) is 14.5 Å². The minimum Gasteiger partial charge on any atom is -0.480 e. The van der Waals surface area contributed by atoms with Crippen molar-refractivity contribution in [2.75, 3.05) is 28.6 Å². The third kappa shape index (κ3) is 2.67. The number of anilines is 4. The number of rotatable bonds is 4. The number of nitrogens with two attached hydrogens (primary N) is 1. The highest BCUT2D eigenvalue weighted by Crippen LogP contribution is 2.41. The molecule has 0 saturated heterocycles. The fraction of sp³-hybridized carbons (Fsp3) is 0.222. The van der Waals surface area contributed by atoms with Gasteiger partial charge >= 0.3 is 5.97 Å². The maximum absolute atomic E-state index is 13.0. The molecule has 1 aliphatic rings. The lowest BCUT2D eigenvalue weighted by molar-refractivity contribution is -0.135. The topological polar surface area (TPSA) is 86.9 Å². The van der Waals surface area contributed by atoms with E-state index in [2.05, 4.69) is 6.92 Å². The molecule has 0 radical (unpaired) electrons. The van der Waals surface area contributed by atoms with Gasteiger partial charge < -0.3 is 15.7 Å². The molecule has 24 heavy (non-hydrogen) atoms. The molecule has 6 heteroatoms. The summed E-state index contributed by atoms with van der Waals surface area (Å²) < 4.78 is 0. The average Bonchev–Trinajstić information content (AvgIpc) is 2.65. The fourth-order valence-corrected chi connectivity index (χ4v) is 3.02. The van der Waals surface area contributed by atoms with Crippen LogP contribution in [-0.4, -0.2) is 30.1 Å². The Kier molecular flexibility index (Phi) is 4.12. The summed E-state index contributed by atoms with van der Waals surface area (Å²) in [4.78, 5) is 27.6. The zero-order chi connectivity index (χ0) is 17.3. The lowest BCUT2D eigenvalue weighted by atomic mass is 10.1. The molecule has 3 N–H and O–H groups in total. The predicted octanol–water partition coefficient (Wildman–Crippen LogP) is 2.86. The average molecular weight is 325 g/mol. The molecule has 0 atom stereocenters. The van der Waals surface area contributed by atoms with Gasteiger partial charge in [-0.1, -0.05) is 19.1 Å². The normalized spacial score (nSPS) is 13.3. The van der Waals surface area contributed by atoms with Crippen molar-refractivity contribution in [3.05, 3.63) is 48.0 Å². The Morgan fingerprint density at radius 3 is 2.54 bits per heavy atom. The van der Waals surface area contributed by atoms with Crippen molar-refractivity contribution in [1.82, 2.24) is 0 Å². The number of carbonyl (C=O) groups excluding carboxylic acids is 1. The summed E-state index contributed by atoms with van der Waals surface area (Å²) in [6, 6.07) is 12.5. The van der Waals surface area contributed by atoms with Gasteiger partial charge in [-0.25, -0.2) is 0 Å². The van der Waals surface area contributed by atoms with Crippen LogP contribution in [0.3, 0.4) is 0 Å². The fourth-order valence-electron chi connectivity index (χ4n) is 3.02. The Balaban J connectivity index is 2.28. The zero-order valence-corrected chi connectivity index (χ0v) is 13.4. The van der Waals surface area contributed by atoms with Crippen LogP contribution < -0.4 is 15.5 Å². The predicted molar refractivity (Wildman–Crippen MR) is 93.9 cm³/mol. The zero-order valence-electron chi connectivity index (χ0n) is 13.4. The maximum Gasteiger partial charge on any atom is 0.323 e. The molecule has 1 heterocycles. The molecule has 0 bridgehead atoms. The van der Waals surface area contributed by atoms with E-state index in [9.17, 15) is 14.7 Å². The number of hydrogen-bond acceptors (Lipinski definition) is 4. The molecule has 3 rings (SSSR count). The van der Waals surface area contributed by atoms with Gasteiger partial charge in [-0.05, 0) is 36.8 Å². The molecule has 2 aromatic carbocycles. The first-order chi connectivity index (χ1) is 11.5. The van der Waals surface area contributed by atoms with Crippen LogP contribution in [0.2, 0.25) is 0 Å². The largest absolute Gasteiger partial charge is 0.480 e. The second-order valence-corrected chi connectivity index (χ2v) is 5.70. The van der Waals surface area contributed by atoms with Gasteiger partial charge in [0.05, 0.1) is 22.6 Å². The van der Waals surface area contributed by atoms with E-state index < -0.39 is 12.5 Å². The first-order valence-electron chi connectivity index (χ1n) is 7.82. The molecule has 0 spiro atoms. The van der Waals surface area contributed by atoms with Crippen LogP contribution in [0.25, 0.3) is 0 Å². The van der Waals surface area contributed by atoms with E-state index in [4.69, 9.17) is 5.73 Å². The summed E-state index contributed by atoms with van der Waals surface area (Å²) in [6.45, 7) is 2.35. The summed E-state index contributed by atoms with van der Waals surface area (Å²) in [5, 5.41) is 9.25. The van der Waals surface area contributed by atoms with Crippen LogP contribution in [0.4, 0.5) is 22.7 Å². The first kappa shape index (κ1) is 15.9. The molecular formula is C18H19N3O3. The van der Waals surface area contributed by atoms with Crippen LogP contribution in [0.5, 0.6) is 0 Å². The van der Waals surface area contributed by atoms with Crippen molar-refractivity contribution in [3.8, 4) is 0 Å². The molecule has 1 amide bonds. The Bertz CT molecular complexity index is 804. The van der Waals surface area contributed by atoms with E-state index in [1.807, 2.05) is 23.1 Å². The monoisotopic (exact) mass is 325 g/mol. The Hall–Kier alpha value is -3.02. The Morgan fingerprint density at radius 2 is 1.83 bits per heavy atom. The number of nitrogens with zero attached hydrogens (tertiary/aromatic N) is 2. The van der Waals surface area contributed by atoms with E-state index in [1.165, 1.54) is 4.90 Å². The number of benzene rings is 2. The summed E-state index contributed by atoms with van der Waals surface area (Å²) in [6.07, 6.45) is 0.880. The number of para-hydroxylation sites is 1. The van der Waals surface area contributed by atoms with Gasteiger partial charge in [0, 0.05) is 12.2 Å². The van der Waals surface area contributed by atoms with E-state index in [0.29, 0.717) is 23.5 Å². The second kappa shape index (κ2) is 6.23. The Labute approximate surface area is 140 Å². The van der Waals surface area contributed by atoms with Crippen molar-refractivity contribution in [2.45, 2.75) is 13.3 Å². The molecule has 0 aliphatic carbocycles. The lowest BCUT2D eigenvalue weighted by Crippen LogP contribution is -2.35. The van der Waals surface area contributed by atoms with Gasteiger partial charge in [0.15, 0.2) is 0 Å². The number of amides is 1. The molecule has 124 valence electrons. The number of carboxylic acid groups (broad SMARTS) is 1. The maximum atomic E-state index is 13.0. The molecule has 0 fully saturated rings. The highest BCUT2D eigenvalue weighted by molar-refractivity contribution is 6.15. The third-order valence-electron chi connectivity index (χ3n) is 3.99. The summed E-state index contributed by atoms with van der Waals surface area (Å²) in [7, 11) is 0. The first-order valence-corrected chi connectivity index (χ1v) is 7.82. The van der Waals surface area contributed by atoms with Crippen LogP contribution in [0.1, 0.15) is 23.7 Å². The van der Waals surface area contributed by atoms with Crippen molar-refractivity contribution >= 4 is 34.6 Å². The highest BCUT2D eigenvalue weighted by atomic mass is 16.4. The van der Waals surface area contributed by atoms with E-state index in [0.717, 1.165) is 17.8 Å². The summed E-state index contributed by atoms with van der Waals surface area (Å²) in [5.41, 5.74) is 8.95. The van der Waals surface area contributed by atoms with Gasteiger partial charge in [0.1, 0.15) is 6.54 Å². The number of hydrogen-bond donors (Lipinski definition) is 2. The quantitative estimate of drug-likeness (QED) is 0.844. The SMILES string of the molecule is CCCN1c2ccccc2C(=O)N(CC(=O)O)c2cc(N)ccc21. The van der Waals surface area contributed by atoms with Gasteiger partial charge in [0.2, 0.25) is 0 Å². The van der Waals surface area contributed by atoms with Crippen LogP contribution in [0.15, 0.2) is 42.5 Å². The van der Waals surface area contributed by atoms with Crippen molar-refractivity contribution in [3.63, 3.8) is 0 Å². The lowest BCUT2D eigenvalue weighted by Gasteiger charge is -2.27.